The van der Waals surface area contributed by atoms with Crippen LogP contribution in [0.25, 0.3) is 10.9 Å². The number of nitrogens with zero attached hydrogens (tertiary/aromatic N) is 1. The molecule has 0 saturated carbocycles. The van der Waals surface area contributed by atoms with E-state index in [1.54, 1.807) is 0 Å². The smallest absolute Gasteiger partial charge is 0.240 e. The molecular weight excluding hydrogens is 270 g/mol. The molecule has 1 aromatic carbocycles. The number of β-amino-alcohol motifs (C(OH)–C–C–N with tert-alkyl or cyclic N) is 2. The average molecular weight is 289 g/mol. The number of para-hydroxylation sites is 1. The van der Waals surface area contributed by atoms with Crippen LogP contribution in [0.2, 0.25) is 0 Å². The Morgan fingerprint density at radius 3 is 2.71 bits per heavy atom. The fourth-order valence-corrected chi connectivity index (χ4v) is 2.81. The van der Waals surface area contributed by atoms with Crippen LogP contribution in [0.4, 0.5) is 0 Å². The molecule has 1 aliphatic rings. The number of aromatic nitrogens is 1. The zero-order valence-corrected chi connectivity index (χ0v) is 11.6. The summed E-state index contributed by atoms with van der Waals surface area (Å²) in [5.74, 6) is -0.240. The van der Waals surface area contributed by atoms with E-state index in [-0.39, 0.29) is 19.0 Å². The predicted molar refractivity (Wildman–Crippen MR) is 78.6 cm³/mol. The number of benzene rings is 1. The number of H-pyrrole nitrogens is 1. The second-order valence-corrected chi connectivity index (χ2v) is 5.55. The molecule has 6 heteroatoms. The number of aliphatic hydroxyl groups is 2. The second kappa shape index (κ2) is 5.48. The van der Waals surface area contributed by atoms with Crippen LogP contribution in [0.1, 0.15) is 5.56 Å². The SMILES string of the molecule is NC(Cc1c[nH]c2ccccc12)C(=O)N1CC(O)C(O)C1. The molecule has 6 nitrogen and oxygen atoms in total. The molecule has 0 spiro atoms. The van der Waals surface area contributed by atoms with Crippen molar-refractivity contribution >= 4 is 16.8 Å². The fraction of sp³-hybridized carbons (Fsp3) is 0.400. The van der Waals surface area contributed by atoms with E-state index in [1.165, 1.54) is 4.90 Å². The van der Waals surface area contributed by atoms with E-state index in [0.29, 0.717) is 6.42 Å². The number of amides is 1. The van der Waals surface area contributed by atoms with Gasteiger partial charge in [0.25, 0.3) is 0 Å². The lowest BCUT2D eigenvalue weighted by atomic mass is 10.0. The van der Waals surface area contributed by atoms with Gasteiger partial charge in [-0.3, -0.25) is 4.79 Å². The minimum atomic E-state index is -0.880. The Bertz CT molecular complexity index is 644. The quantitative estimate of drug-likeness (QED) is 0.617. The lowest BCUT2D eigenvalue weighted by Gasteiger charge is -2.20. The zero-order valence-electron chi connectivity index (χ0n) is 11.6. The summed E-state index contributed by atoms with van der Waals surface area (Å²) in [6.45, 7) is 0.281. The van der Waals surface area contributed by atoms with Gasteiger partial charge < -0.3 is 25.8 Å². The highest BCUT2D eigenvalue weighted by atomic mass is 16.3. The number of likely N-dealkylation sites (tertiary alicyclic amines) is 1. The lowest BCUT2D eigenvalue weighted by molar-refractivity contribution is -0.132. The lowest BCUT2D eigenvalue weighted by Crippen LogP contribution is -2.44. The first-order valence-corrected chi connectivity index (χ1v) is 7.01. The summed E-state index contributed by atoms with van der Waals surface area (Å²) < 4.78 is 0. The fourth-order valence-electron chi connectivity index (χ4n) is 2.81. The highest BCUT2D eigenvalue weighted by Gasteiger charge is 2.34. The first kappa shape index (κ1) is 14.1. The molecule has 2 heterocycles. The molecule has 112 valence electrons. The normalized spacial score (nSPS) is 23.7. The van der Waals surface area contributed by atoms with E-state index in [0.717, 1.165) is 16.5 Å². The summed E-state index contributed by atoms with van der Waals surface area (Å²) in [6, 6.07) is 7.17. The van der Waals surface area contributed by atoms with Crippen molar-refractivity contribution in [3.63, 3.8) is 0 Å². The van der Waals surface area contributed by atoms with Gasteiger partial charge in [0, 0.05) is 30.2 Å². The standard InChI is InChI=1S/C15H19N3O3/c16-11(15(21)18-7-13(19)14(20)8-18)5-9-6-17-12-4-2-1-3-10(9)12/h1-4,6,11,13-14,17,19-20H,5,7-8,16H2. The number of hydrogen-bond donors (Lipinski definition) is 4. The van der Waals surface area contributed by atoms with Crippen LogP contribution in [-0.4, -0.2) is 57.3 Å². The Morgan fingerprint density at radius 1 is 1.33 bits per heavy atom. The number of carbonyl (C=O) groups is 1. The Labute approximate surface area is 122 Å². The molecule has 1 fully saturated rings. The van der Waals surface area contributed by atoms with Gasteiger partial charge in [0.05, 0.1) is 18.2 Å². The van der Waals surface area contributed by atoms with Crippen molar-refractivity contribution in [2.75, 3.05) is 13.1 Å². The maximum Gasteiger partial charge on any atom is 0.240 e. The maximum atomic E-state index is 12.3. The molecular formula is C15H19N3O3. The van der Waals surface area contributed by atoms with Crippen molar-refractivity contribution in [3.05, 3.63) is 36.0 Å². The summed E-state index contributed by atoms with van der Waals surface area (Å²) >= 11 is 0. The number of rotatable bonds is 3. The van der Waals surface area contributed by atoms with Crippen LogP contribution in [0.15, 0.2) is 30.5 Å². The average Bonchev–Trinajstić information content (AvgIpc) is 3.03. The van der Waals surface area contributed by atoms with Crippen molar-refractivity contribution in [2.45, 2.75) is 24.7 Å². The predicted octanol–water partition coefficient (Wildman–Crippen LogP) is -0.398. The minimum Gasteiger partial charge on any atom is -0.388 e. The minimum absolute atomic E-state index is 0.140. The first-order valence-electron chi connectivity index (χ1n) is 7.01. The Morgan fingerprint density at radius 2 is 2.00 bits per heavy atom. The third-order valence-corrected chi connectivity index (χ3v) is 4.00. The molecule has 0 radical (unpaired) electrons. The van der Waals surface area contributed by atoms with E-state index in [2.05, 4.69) is 4.98 Å². The number of aliphatic hydroxyl groups excluding tert-OH is 2. The van der Waals surface area contributed by atoms with E-state index >= 15 is 0 Å². The Balaban J connectivity index is 1.71. The second-order valence-electron chi connectivity index (χ2n) is 5.55. The highest BCUT2D eigenvalue weighted by Crippen LogP contribution is 2.20. The first-order chi connectivity index (χ1) is 10.1. The van der Waals surface area contributed by atoms with Gasteiger partial charge in [0.1, 0.15) is 0 Å². The third kappa shape index (κ3) is 2.65. The molecule has 0 bridgehead atoms. The number of hydrogen-bond acceptors (Lipinski definition) is 4. The molecule has 2 aromatic rings. The maximum absolute atomic E-state index is 12.3. The Kier molecular flexibility index (Phi) is 3.67. The van der Waals surface area contributed by atoms with Crippen LogP contribution in [0.3, 0.4) is 0 Å². The van der Waals surface area contributed by atoms with Crippen LogP contribution in [0, 0.1) is 0 Å². The molecule has 1 amide bonds. The molecule has 3 atom stereocenters. The summed E-state index contributed by atoms with van der Waals surface area (Å²) in [6.07, 6.45) is 0.528. The molecule has 3 rings (SSSR count). The van der Waals surface area contributed by atoms with Crippen molar-refractivity contribution in [1.82, 2.24) is 9.88 Å². The van der Waals surface area contributed by atoms with Gasteiger partial charge in [-0.1, -0.05) is 18.2 Å². The van der Waals surface area contributed by atoms with Crippen molar-refractivity contribution < 1.29 is 15.0 Å². The van der Waals surface area contributed by atoms with E-state index in [1.807, 2.05) is 30.5 Å². The number of fused-ring (bicyclic) bond motifs is 1. The van der Waals surface area contributed by atoms with Gasteiger partial charge in [-0.15, -0.1) is 0 Å². The Hall–Kier alpha value is -1.89. The van der Waals surface area contributed by atoms with E-state index in [4.69, 9.17) is 5.73 Å². The monoisotopic (exact) mass is 289 g/mol. The molecule has 1 aromatic heterocycles. The molecule has 0 aliphatic carbocycles. The number of carbonyl (C=O) groups excluding carboxylic acids is 1. The van der Waals surface area contributed by atoms with Gasteiger partial charge in [-0.05, 0) is 18.1 Å². The van der Waals surface area contributed by atoms with E-state index in [9.17, 15) is 15.0 Å². The number of aromatic amines is 1. The molecule has 5 N–H and O–H groups in total. The summed E-state index contributed by atoms with van der Waals surface area (Å²) in [5, 5.41) is 20.1. The van der Waals surface area contributed by atoms with Gasteiger partial charge in [-0.25, -0.2) is 0 Å². The van der Waals surface area contributed by atoms with Crippen molar-refractivity contribution in [2.24, 2.45) is 5.73 Å². The van der Waals surface area contributed by atoms with Gasteiger partial charge in [-0.2, -0.15) is 0 Å². The molecule has 1 aliphatic heterocycles. The van der Waals surface area contributed by atoms with Gasteiger partial charge in [0.15, 0.2) is 0 Å². The van der Waals surface area contributed by atoms with Crippen molar-refractivity contribution in [3.8, 4) is 0 Å². The number of nitrogens with one attached hydrogen (secondary N) is 1. The van der Waals surface area contributed by atoms with Crippen LogP contribution in [-0.2, 0) is 11.2 Å². The molecule has 1 saturated heterocycles. The summed E-state index contributed by atoms with van der Waals surface area (Å²) in [5.41, 5.74) is 8.01. The zero-order chi connectivity index (χ0) is 15.0. The highest BCUT2D eigenvalue weighted by molar-refractivity contribution is 5.86. The van der Waals surface area contributed by atoms with Crippen LogP contribution in [0.5, 0.6) is 0 Å². The number of nitrogens with two attached hydrogens (primary N) is 1. The van der Waals surface area contributed by atoms with E-state index < -0.39 is 18.2 Å². The van der Waals surface area contributed by atoms with Crippen molar-refractivity contribution in [1.29, 1.82) is 0 Å². The third-order valence-electron chi connectivity index (χ3n) is 4.00. The molecule has 3 unspecified atom stereocenters. The largest absolute Gasteiger partial charge is 0.388 e. The van der Waals surface area contributed by atoms with Crippen LogP contribution < -0.4 is 5.73 Å². The van der Waals surface area contributed by atoms with Gasteiger partial charge in [0.2, 0.25) is 5.91 Å². The topological polar surface area (TPSA) is 103 Å². The summed E-state index contributed by atoms with van der Waals surface area (Å²) in [4.78, 5) is 16.8. The van der Waals surface area contributed by atoms with Crippen LogP contribution >= 0.6 is 0 Å². The van der Waals surface area contributed by atoms with Gasteiger partial charge >= 0.3 is 0 Å². The molecule has 21 heavy (non-hydrogen) atoms. The summed E-state index contributed by atoms with van der Waals surface area (Å²) in [7, 11) is 0.